The highest BCUT2D eigenvalue weighted by Crippen LogP contribution is 2.18. The zero-order chi connectivity index (χ0) is 10.7. The van der Waals surface area contributed by atoms with Gasteiger partial charge in [0.1, 0.15) is 0 Å². The minimum atomic E-state index is -0.00185. The molecule has 0 fully saturated rings. The number of pyridine rings is 1. The summed E-state index contributed by atoms with van der Waals surface area (Å²) < 4.78 is 3.62. The van der Waals surface area contributed by atoms with Gasteiger partial charge in [-0.3, -0.25) is 14.2 Å². The van der Waals surface area contributed by atoms with Crippen LogP contribution in [0.2, 0.25) is 0 Å². The van der Waals surface area contributed by atoms with Gasteiger partial charge in [-0.15, -0.1) is 0 Å². The molecule has 4 heteroatoms. The predicted molar refractivity (Wildman–Crippen MR) is 61.1 cm³/mol. The van der Waals surface area contributed by atoms with Gasteiger partial charge in [0.2, 0.25) is 0 Å². The zero-order valence-corrected chi connectivity index (χ0v) is 9.66. The van der Waals surface area contributed by atoms with Crippen molar-refractivity contribution in [3.05, 3.63) is 27.8 Å². The summed E-state index contributed by atoms with van der Waals surface area (Å²) in [7, 11) is 0. The van der Waals surface area contributed by atoms with E-state index >= 15 is 0 Å². The van der Waals surface area contributed by atoms with Gasteiger partial charge in [0.25, 0.3) is 5.56 Å². The summed E-state index contributed by atoms with van der Waals surface area (Å²) in [6, 6.07) is 0. The van der Waals surface area contributed by atoms with Gasteiger partial charge in [0.15, 0.2) is 0 Å². The monoisotopic (exact) mass is 210 g/mol. The Hall–Kier alpha value is -1.16. The third kappa shape index (κ3) is 1.70. The lowest BCUT2D eigenvalue weighted by atomic mass is 10.1. The first kappa shape index (κ1) is 10.9. The largest absolute Gasteiger partial charge is 0.277 e. The number of hydrogen-bond donors (Lipinski definition) is 1. The van der Waals surface area contributed by atoms with E-state index in [0.717, 1.165) is 21.3 Å². The molecule has 2 aromatic heterocycles. The highest BCUT2D eigenvalue weighted by Gasteiger charge is 2.06. The fourth-order valence-electron chi connectivity index (χ4n) is 1.19. The van der Waals surface area contributed by atoms with E-state index in [1.807, 2.05) is 27.7 Å². The molecule has 2 rings (SSSR count). The lowest BCUT2D eigenvalue weighted by molar-refractivity contribution is 1.18. The first-order valence-electron chi connectivity index (χ1n) is 4.63. The molecule has 0 aliphatic heterocycles. The lowest BCUT2D eigenvalue weighted by Crippen LogP contribution is -2.00. The zero-order valence-electron chi connectivity index (χ0n) is 8.84. The second kappa shape index (κ2) is 4.37. The smallest absolute Gasteiger partial charge is 0.266 e. The highest BCUT2D eigenvalue weighted by molar-refractivity contribution is 7.13. The molecule has 0 bridgehead atoms. The minimum absolute atomic E-state index is 0.00185. The number of fused-ring (bicyclic) bond motifs is 1. The highest BCUT2D eigenvalue weighted by atomic mass is 32.1. The molecule has 0 aliphatic rings. The fraction of sp³-hybridized carbons (Fsp3) is 0.400. The molecule has 0 radical (unpaired) electrons. The average Bonchev–Trinajstić information content (AvgIpc) is 2.58. The van der Waals surface area contributed by atoms with E-state index in [0.29, 0.717) is 0 Å². The maximum absolute atomic E-state index is 11.3. The van der Waals surface area contributed by atoms with E-state index in [4.69, 9.17) is 0 Å². The number of aryl methyl sites for hydroxylation is 2. The molecule has 0 aliphatic carbocycles. The van der Waals surface area contributed by atoms with Crippen LogP contribution in [0, 0.1) is 13.8 Å². The van der Waals surface area contributed by atoms with Crippen LogP contribution in [0.15, 0.2) is 11.0 Å². The average molecular weight is 210 g/mol. The Morgan fingerprint density at radius 2 is 2.00 bits per heavy atom. The van der Waals surface area contributed by atoms with Crippen molar-refractivity contribution in [2.45, 2.75) is 27.7 Å². The Morgan fingerprint density at radius 3 is 2.64 bits per heavy atom. The normalized spacial score (nSPS) is 9.71. The molecule has 0 saturated carbocycles. The van der Waals surface area contributed by atoms with E-state index in [-0.39, 0.29) is 5.56 Å². The van der Waals surface area contributed by atoms with Gasteiger partial charge in [0, 0.05) is 11.9 Å². The van der Waals surface area contributed by atoms with Crippen LogP contribution < -0.4 is 5.56 Å². The number of hydrogen-bond acceptors (Lipinski definition) is 3. The van der Waals surface area contributed by atoms with Crippen molar-refractivity contribution in [2.24, 2.45) is 0 Å². The van der Waals surface area contributed by atoms with E-state index in [2.05, 4.69) is 9.36 Å². The summed E-state index contributed by atoms with van der Waals surface area (Å²) in [4.78, 5) is 15.5. The Balaban J connectivity index is 0.000000461. The SMILES string of the molecule is CC.Cc1ncc2s[nH]c(=O)c2c1C. The first-order valence-corrected chi connectivity index (χ1v) is 5.45. The lowest BCUT2D eigenvalue weighted by Gasteiger charge is -1.96. The maximum Gasteiger partial charge on any atom is 0.266 e. The van der Waals surface area contributed by atoms with Crippen molar-refractivity contribution in [3.8, 4) is 0 Å². The standard InChI is InChI=1S/C8H8N2OS.C2H6/c1-4-5(2)9-3-6-7(4)8(11)10-12-6;1-2/h3H,1-2H3,(H,10,11);1-2H3. The molecule has 0 amide bonds. The van der Waals surface area contributed by atoms with Crippen LogP contribution in [0.4, 0.5) is 0 Å². The Kier molecular flexibility index (Phi) is 3.41. The van der Waals surface area contributed by atoms with E-state index in [1.165, 1.54) is 11.5 Å². The van der Waals surface area contributed by atoms with Crippen molar-refractivity contribution in [1.82, 2.24) is 9.36 Å². The van der Waals surface area contributed by atoms with Crippen molar-refractivity contribution in [3.63, 3.8) is 0 Å². The van der Waals surface area contributed by atoms with Crippen molar-refractivity contribution >= 4 is 21.6 Å². The van der Waals surface area contributed by atoms with Crippen molar-refractivity contribution in [2.75, 3.05) is 0 Å². The number of rotatable bonds is 0. The van der Waals surface area contributed by atoms with E-state index in [9.17, 15) is 4.79 Å². The fourth-order valence-corrected chi connectivity index (χ4v) is 1.95. The second-order valence-electron chi connectivity index (χ2n) is 2.74. The molecule has 76 valence electrons. The van der Waals surface area contributed by atoms with Gasteiger partial charge in [-0.1, -0.05) is 25.4 Å². The van der Waals surface area contributed by atoms with Crippen LogP contribution in [0.25, 0.3) is 10.1 Å². The Morgan fingerprint density at radius 1 is 1.36 bits per heavy atom. The molecule has 2 aromatic rings. The number of H-pyrrole nitrogens is 1. The third-order valence-corrected chi connectivity index (χ3v) is 2.84. The molecule has 0 spiro atoms. The molecule has 0 unspecified atom stereocenters. The maximum atomic E-state index is 11.3. The third-order valence-electron chi connectivity index (χ3n) is 2.02. The summed E-state index contributed by atoms with van der Waals surface area (Å²) in [5.41, 5.74) is 1.90. The van der Waals surface area contributed by atoms with Crippen LogP contribution in [-0.2, 0) is 0 Å². The number of aromatic nitrogens is 2. The second-order valence-corrected chi connectivity index (χ2v) is 3.59. The molecule has 0 atom stereocenters. The van der Waals surface area contributed by atoms with Gasteiger partial charge in [-0.25, -0.2) is 0 Å². The van der Waals surface area contributed by atoms with Gasteiger partial charge in [0.05, 0.1) is 10.1 Å². The number of nitrogens with zero attached hydrogens (tertiary/aromatic N) is 1. The topological polar surface area (TPSA) is 45.8 Å². The van der Waals surface area contributed by atoms with Gasteiger partial charge >= 0.3 is 0 Å². The van der Waals surface area contributed by atoms with Crippen LogP contribution in [-0.4, -0.2) is 9.36 Å². The van der Waals surface area contributed by atoms with Crippen molar-refractivity contribution < 1.29 is 0 Å². The summed E-state index contributed by atoms with van der Waals surface area (Å²) in [6.45, 7) is 7.83. The molecule has 1 N–H and O–H groups in total. The van der Waals surface area contributed by atoms with Gasteiger partial charge in [-0.05, 0) is 19.4 Å². The summed E-state index contributed by atoms with van der Waals surface area (Å²) in [5.74, 6) is 0. The molecule has 14 heavy (non-hydrogen) atoms. The molecular formula is C10H14N2OS. The minimum Gasteiger partial charge on any atom is -0.277 e. The molecule has 2 heterocycles. The quantitative estimate of drug-likeness (QED) is 0.726. The van der Waals surface area contributed by atoms with Crippen LogP contribution >= 0.6 is 11.5 Å². The Labute approximate surface area is 87.0 Å². The summed E-state index contributed by atoms with van der Waals surface area (Å²) in [6.07, 6.45) is 1.74. The summed E-state index contributed by atoms with van der Waals surface area (Å²) in [5, 5.41) is 0.785. The van der Waals surface area contributed by atoms with Crippen LogP contribution in [0.1, 0.15) is 25.1 Å². The predicted octanol–water partition coefficient (Wildman–Crippen LogP) is 2.63. The van der Waals surface area contributed by atoms with Gasteiger partial charge in [-0.2, -0.15) is 0 Å². The van der Waals surface area contributed by atoms with Crippen molar-refractivity contribution in [1.29, 1.82) is 0 Å². The number of nitrogens with one attached hydrogen (secondary N) is 1. The van der Waals surface area contributed by atoms with E-state index in [1.54, 1.807) is 6.20 Å². The first-order chi connectivity index (χ1) is 6.70. The Bertz CT molecular complexity index is 484. The van der Waals surface area contributed by atoms with E-state index < -0.39 is 0 Å². The number of aromatic amines is 1. The molecule has 0 aromatic carbocycles. The molecule has 3 nitrogen and oxygen atoms in total. The molecule has 0 saturated heterocycles. The molecular weight excluding hydrogens is 196 g/mol. The van der Waals surface area contributed by atoms with Crippen LogP contribution in [0.3, 0.4) is 0 Å². The van der Waals surface area contributed by atoms with Gasteiger partial charge < -0.3 is 0 Å². The van der Waals surface area contributed by atoms with Crippen LogP contribution in [0.5, 0.6) is 0 Å². The summed E-state index contributed by atoms with van der Waals surface area (Å²) >= 11 is 1.34.